The fourth-order valence-corrected chi connectivity index (χ4v) is 3.01. The van der Waals surface area contributed by atoms with Crippen LogP contribution >= 0.6 is 23.2 Å². The van der Waals surface area contributed by atoms with Gasteiger partial charge in [0.05, 0.1) is 19.4 Å². The summed E-state index contributed by atoms with van der Waals surface area (Å²) in [6, 6.07) is 13.5. The molecule has 0 aliphatic carbocycles. The van der Waals surface area contributed by atoms with Crippen LogP contribution in [0.4, 0.5) is 11.5 Å². The maximum atomic E-state index is 13.0. The number of nitrogens with one attached hydrogen (secondary N) is 2. The minimum Gasteiger partial charge on any atom is -0.394 e. The molecule has 2 aromatic carbocycles. The van der Waals surface area contributed by atoms with E-state index in [1.54, 1.807) is 55.5 Å². The number of aliphatic hydroxyl groups excluding tert-OH is 1. The summed E-state index contributed by atoms with van der Waals surface area (Å²) in [5.74, 6) is -0.477. The number of benzene rings is 2. The second-order valence-corrected chi connectivity index (χ2v) is 7.34. The summed E-state index contributed by atoms with van der Waals surface area (Å²) in [5, 5.41) is 19.0. The largest absolute Gasteiger partial charge is 0.394 e. The minimum absolute atomic E-state index is 0.0151. The highest BCUT2D eigenvalue weighted by Crippen LogP contribution is 2.21. The number of aromatic amines is 1. The van der Waals surface area contributed by atoms with Crippen molar-refractivity contribution < 1.29 is 9.90 Å². The van der Waals surface area contributed by atoms with E-state index in [0.29, 0.717) is 21.4 Å². The van der Waals surface area contributed by atoms with E-state index in [4.69, 9.17) is 23.2 Å². The predicted octanol–water partition coefficient (Wildman–Crippen LogP) is 3.47. The third kappa shape index (κ3) is 5.91. The SMILES string of the molecule is Cc1[nH]c(=O)nc(N(CCO)N=Cc2ccc(Cl)cc2)c1C(=O)Nc1ccc(Cl)cc1. The lowest BCUT2D eigenvalue weighted by Gasteiger charge is -2.20. The molecule has 3 N–H and O–H groups in total. The number of carbonyl (C=O) groups is 1. The van der Waals surface area contributed by atoms with E-state index in [-0.39, 0.29) is 24.5 Å². The van der Waals surface area contributed by atoms with Crippen LogP contribution in [-0.2, 0) is 0 Å². The van der Waals surface area contributed by atoms with Gasteiger partial charge in [0.1, 0.15) is 5.56 Å². The molecule has 0 fully saturated rings. The molecule has 1 amide bonds. The summed E-state index contributed by atoms with van der Waals surface area (Å²) in [6.45, 7) is 1.33. The van der Waals surface area contributed by atoms with Gasteiger partial charge in [0.15, 0.2) is 5.82 Å². The summed E-state index contributed by atoms with van der Waals surface area (Å²) >= 11 is 11.8. The van der Waals surface area contributed by atoms with E-state index in [1.807, 2.05) is 0 Å². The number of rotatable bonds is 7. The van der Waals surface area contributed by atoms with Crippen molar-refractivity contribution in [3.8, 4) is 0 Å². The molecule has 0 aliphatic heterocycles. The monoisotopic (exact) mass is 459 g/mol. The Bertz CT molecular complexity index is 1150. The van der Waals surface area contributed by atoms with Gasteiger partial charge in [-0.15, -0.1) is 0 Å². The molecule has 0 spiro atoms. The first-order valence-electron chi connectivity index (χ1n) is 9.23. The molecule has 31 heavy (non-hydrogen) atoms. The molecule has 8 nitrogen and oxygen atoms in total. The Morgan fingerprint density at radius 3 is 2.39 bits per heavy atom. The van der Waals surface area contributed by atoms with Crippen LogP contribution in [0.5, 0.6) is 0 Å². The topological polar surface area (TPSA) is 111 Å². The van der Waals surface area contributed by atoms with Crippen LogP contribution in [0.2, 0.25) is 10.0 Å². The van der Waals surface area contributed by atoms with Crippen molar-refractivity contribution in [2.24, 2.45) is 5.10 Å². The third-order valence-electron chi connectivity index (χ3n) is 4.20. The van der Waals surface area contributed by atoms with Crippen LogP contribution in [-0.4, -0.2) is 40.3 Å². The molecule has 160 valence electrons. The van der Waals surface area contributed by atoms with E-state index >= 15 is 0 Å². The predicted molar refractivity (Wildman–Crippen MR) is 122 cm³/mol. The van der Waals surface area contributed by atoms with Gasteiger partial charge >= 0.3 is 5.69 Å². The Balaban J connectivity index is 1.98. The molecule has 0 radical (unpaired) electrons. The number of aliphatic hydroxyl groups is 1. The van der Waals surface area contributed by atoms with Gasteiger partial charge in [0.2, 0.25) is 0 Å². The number of H-pyrrole nitrogens is 1. The van der Waals surface area contributed by atoms with Crippen molar-refractivity contribution in [3.05, 3.63) is 85.9 Å². The fourth-order valence-electron chi connectivity index (χ4n) is 2.75. The number of anilines is 2. The number of nitrogens with zero attached hydrogens (tertiary/aromatic N) is 3. The van der Waals surface area contributed by atoms with Crippen LogP contribution < -0.4 is 16.0 Å². The van der Waals surface area contributed by atoms with E-state index < -0.39 is 11.6 Å². The first kappa shape index (κ1) is 22.5. The first-order chi connectivity index (χ1) is 14.9. The average molecular weight is 460 g/mol. The van der Waals surface area contributed by atoms with Crippen molar-refractivity contribution in [2.75, 3.05) is 23.5 Å². The molecule has 3 rings (SSSR count). The van der Waals surface area contributed by atoms with Gasteiger partial charge in [0.25, 0.3) is 5.91 Å². The second kappa shape index (κ2) is 10.2. The van der Waals surface area contributed by atoms with Gasteiger partial charge in [-0.3, -0.25) is 4.79 Å². The van der Waals surface area contributed by atoms with Crippen molar-refractivity contribution in [1.29, 1.82) is 0 Å². The molecule has 1 aromatic heterocycles. The number of amides is 1. The number of hydrazone groups is 1. The molecule has 3 aromatic rings. The quantitative estimate of drug-likeness (QED) is 0.370. The molecule has 1 heterocycles. The zero-order valence-electron chi connectivity index (χ0n) is 16.5. The Morgan fingerprint density at radius 2 is 1.77 bits per heavy atom. The van der Waals surface area contributed by atoms with E-state index in [0.717, 1.165) is 5.56 Å². The van der Waals surface area contributed by atoms with Gasteiger partial charge in [-0.2, -0.15) is 10.1 Å². The zero-order chi connectivity index (χ0) is 22.4. The molecule has 0 bridgehead atoms. The van der Waals surface area contributed by atoms with Crippen molar-refractivity contribution in [2.45, 2.75) is 6.92 Å². The third-order valence-corrected chi connectivity index (χ3v) is 4.71. The number of carbonyl (C=O) groups excluding carboxylic acids is 1. The highest BCUT2D eigenvalue weighted by Gasteiger charge is 2.22. The summed E-state index contributed by atoms with van der Waals surface area (Å²) in [4.78, 5) is 31.5. The van der Waals surface area contributed by atoms with Gasteiger partial charge in [-0.05, 0) is 48.9 Å². The molecular formula is C21H19Cl2N5O3. The molecule has 0 aliphatic rings. The molecule has 10 heteroatoms. The normalized spacial score (nSPS) is 11.0. The number of hydrogen-bond acceptors (Lipinski definition) is 6. The van der Waals surface area contributed by atoms with Gasteiger partial charge < -0.3 is 15.4 Å². The number of aryl methyl sites for hydroxylation is 1. The van der Waals surface area contributed by atoms with Crippen molar-refractivity contribution in [1.82, 2.24) is 9.97 Å². The smallest absolute Gasteiger partial charge is 0.347 e. The van der Waals surface area contributed by atoms with Gasteiger partial charge in [-0.25, -0.2) is 9.80 Å². The van der Waals surface area contributed by atoms with Crippen LogP contribution in [0.15, 0.2) is 58.4 Å². The summed E-state index contributed by atoms with van der Waals surface area (Å²) in [6.07, 6.45) is 1.52. The molecule has 0 saturated carbocycles. The molecule has 0 atom stereocenters. The Kier molecular flexibility index (Phi) is 7.41. The first-order valence-corrected chi connectivity index (χ1v) is 9.99. The fraction of sp³-hybridized carbons (Fsp3) is 0.143. The lowest BCUT2D eigenvalue weighted by Crippen LogP contribution is -2.30. The second-order valence-electron chi connectivity index (χ2n) is 6.47. The number of hydrogen-bond donors (Lipinski definition) is 3. The van der Waals surface area contributed by atoms with E-state index in [1.165, 1.54) is 11.2 Å². The Labute approximate surface area is 188 Å². The maximum absolute atomic E-state index is 13.0. The van der Waals surface area contributed by atoms with Crippen LogP contribution in [0.25, 0.3) is 0 Å². The molecule has 0 unspecified atom stereocenters. The zero-order valence-corrected chi connectivity index (χ0v) is 18.0. The lowest BCUT2D eigenvalue weighted by atomic mass is 10.2. The van der Waals surface area contributed by atoms with E-state index in [9.17, 15) is 14.7 Å². The average Bonchev–Trinajstić information content (AvgIpc) is 2.73. The highest BCUT2D eigenvalue weighted by molar-refractivity contribution is 6.31. The Hall–Kier alpha value is -3.20. The number of aromatic nitrogens is 2. The summed E-state index contributed by atoms with van der Waals surface area (Å²) < 4.78 is 0. The van der Waals surface area contributed by atoms with E-state index in [2.05, 4.69) is 20.4 Å². The van der Waals surface area contributed by atoms with Crippen LogP contribution in [0.1, 0.15) is 21.6 Å². The molecule has 0 saturated heterocycles. The highest BCUT2D eigenvalue weighted by atomic mass is 35.5. The van der Waals surface area contributed by atoms with Gasteiger partial charge in [-0.1, -0.05) is 35.3 Å². The molecular weight excluding hydrogens is 441 g/mol. The van der Waals surface area contributed by atoms with Gasteiger partial charge in [0, 0.05) is 21.4 Å². The van der Waals surface area contributed by atoms with Crippen LogP contribution in [0.3, 0.4) is 0 Å². The van der Waals surface area contributed by atoms with Crippen LogP contribution in [0, 0.1) is 6.92 Å². The lowest BCUT2D eigenvalue weighted by molar-refractivity contribution is 0.102. The Morgan fingerprint density at radius 1 is 1.16 bits per heavy atom. The maximum Gasteiger partial charge on any atom is 0.347 e. The number of halogens is 2. The summed E-state index contributed by atoms with van der Waals surface area (Å²) in [5.41, 5.74) is 1.05. The van der Waals surface area contributed by atoms with Crippen molar-refractivity contribution >= 4 is 46.8 Å². The van der Waals surface area contributed by atoms with Crippen molar-refractivity contribution in [3.63, 3.8) is 0 Å². The minimum atomic E-state index is -0.639. The standard InChI is InChI=1S/C21H19Cl2N5O3/c1-13-18(20(30)26-17-8-6-16(23)7-9-17)19(27-21(31)25-13)28(10-11-29)24-12-14-2-4-15(22)5-3-14/h2-9,12,29H,10-11H2,1H3,(H,26,30)(H,25,27,31). The summed E-state index contributed by atoms with van der Waals surface area (Å²) in [7, 11) is 0.